The summed E-state index contributed by atoms with van der Waals surface area (Å²) in [7, 11) is 3.06. The van der Waals surface area contributed by atoms with Gasteiger partial charge in [0.2, 0.25) is 5.91 Å². The number of aromatic amines is 1. The maximum atomic E-state index is 12.9. The van der Waals surface area contributed by atoms with Crippen LogP contribution in [0.2, 0.25) is 0 Å². The van der Waals surface area contributed by atoms with Crippen molar-refractivity contribution in [2.75, 3.05) is 17.7 Å². The van der Waals surface area contributed by atoms with Crippen LogP contribution in [0.25, 0.3) is 10.9 Å². The number of H-pyrrole nitrogens is 1. The number of carbonyl (C=O) groups is 1. The van der Waals surface area contributed by atoms with E-state index in [4.69, 9.17) is 4.74 Å². The van der Waals surface area contributed by atoms with Crippen molar-refractivity contribution in [1.29, 1.82) is 0 Å². The first-order chi connectivity index (χ1) is 16.2. The van der Waals surface area contributed by atoms with E-state index in [1.807, 2.05) is 30.3 Å². The largest absolute Gasteiger partial charge is 0.497 e. The Bertz CT molecular complexity index is 1280. The Morgan fingerprint density at radius 2 is 1.85 bits per heavy atom. The third-order valence-corrected chi connectivity index (χ3v) is 5.13. The van der Waals surface area contributed by atoms with E-state index in [2.05, 4.69) is 25.9 Å². The van der Waals surface area contributed by atoms with Crippen molar-refractivity contribution in [1.82, 2.24) is 20.0 Å². The fourth-order valence-electron chi connectivity index (χ4n) is 3.24. The van der Waals surface area contributed by atoms with Crippen LogP contribution in [0.4, 0.5) is 30.4 Å². The molecule has 34 heavy (non-hydrogen) atoms. The number of rotatable bonds is 5. The summed E-state index contributed by atoms with van der Waals surface area (Å²) in [4.78, 5) is 11.4. The number of amides is 1. The maximum absolute atomic E-state index is 12.9. The quantitative estimate of drug-likeness (QED) is 0.375. The number of aromatic nitrogens is 4. The number of aryl methyl sites for hydroxylation is 1. The molecule has 0 saturated heterocycles. The highest BCUT2D eigenvalue weighted by Gasteiger charge is 2.37. The third kappa shape index (κ3) is 5.48. The van der Waals surface area contributed by atoms with Crippen molar-refractivity contribution >= 4 is 34.0 Å². The summed E-state index contributed by atoms with van der Waals surface area (Å²) in [5, 5.41) is 16.4. The highest BCUT2D eigenvalue weighted by molar-refractivity contribution is 5.94. The molecule has 0 spiro atoms. The number of benzene rings is 2. The average Bonchev–Trinajstić information content (AvgIpc) is 3.49. The van der Waals surface area contributed by atoms with Crippen LogP contribution >= 0.6 is 0 Å². The minimum absolute atomic E-state index is 0.128. The maximum Gasteiger partial charge on any atom is 0.437 e. The number of nitrogens with zero attached hydrogens (tertiary/aromatic N) is 3. The third-order valence-electron chi connectivity index (χ3n) is 5.13. The second-order valence-electron chi connectivity index (χ2n) is 7.80. The van der Waals surface area contributed by atoms with Crippen molar-refractivity contribution in [2.24, 2.45) is 13.0 Å². The van der Waals surface area contributed by atoms with Crippen molar-refractivity contribution in [3.05, 3.63) is 60.4 Å². The van der Waals surface area contributed by atoms with Crippen LogP contribution in [0, 0.1) is 5.92 Å². The molecule has 2 aromatic heterocycles. The van der Waals surface area contributed by atoms with Gasteiger partial charge < -0.3 is 15.4 Å². The smallest absolute Gasteiger partial charge is 0.437 e. The fraction of sp³-hybridized carbons (Fsp3) is 0.261. The summed E-state index contributed by atoms with van der Waals surface area (Å²) >= 11 is 0. The molecule has 0 radical (unpaired) electrons. The van der Waals surface area contributed by atoms with E-state index in [1.54, 1.807) is 25.3 Å². The number of ether oxygens (including phenoxy) is 1. The van der Waals surface area contributed by atoms with Gasteiger partial charge in [-0.3, -0.25) is 14.6 Å². The number of halogens is 3. The zero-order chi connectivity index (χ0) is 24.3. The van der Waals surface area contributed by atoms with Gasteiger partial charge >= 0.3 is 6.18 Å². The predicted molar refractivity (Wildman–Crippen MR) is 122 cm³/mol. The zero-order valence-corrected chi connectivity index (χ0v) is 18.5. The second kappa shape index (κ2) is 9.46. The van der Waals surface area contributed by atoms with Crippen LogP contribution in [0.1, 0.15) is 18.5 Å². The topological polar surface area (TPSA) is 96.9 Å². The lowest BCUT2D eigenvalue weighted by Gasteiger charge is -2.06. The summed E-state index contributed by atoms with van der Waals surface area (Å²) in [6, 6.07) is 14.5. The Kier molecular flexibility index (Phi) is 6.44. The number of anilines is 3. The molecule has 8 nitrogen and oxygen atoms in total. The molecule has 3 N–H and O–H groups in total. The van der Waals surface area contributed by atoms with Crippen LogP contribution in [0.15, 0.2) is 54.7 Å². The minimum atomic E-state index is -4.52. The summed E-state index contributed by atoms with van der Waals surface area (Å²) in [5.74, 6) is 1.51. The number of alkyl halides is 3. The molecule has 1 saturated carbocycles. The molecule has 1 fully saturated rings. The van der Waals surface area contributed by atoms with Gasteiger partial charge in [-0.05, 0) is 49.2 Å². The molecule has 178 valence electrons. The SMILES string of the molecule is COc1ccc(NC(=O)C2CC2)cc1.Cn1cc(Nc2n[nH]c3ccccc23)c(C(F)(F)F)n1. The predicted octanol–water partition coefficient (Wildman–Crippen LogP) is 5.10. The Hall–Kier alpha value is -4.02. The average molecular weight is 472 g/mol. The number of hydrogen-bond acceptors (Lipinski definition) is 5. The van der Waals surface area contributed by atoms with Gasteiger partial charge in [-0.25, -0.2) is 0 Å². The first kappa shape index (κ1) is 23.1. The first-order valence-corrected chi connectivity index (χ1v) is 10.5. The van der Waals surface area contributed by atoms with E-state index in [0.29, 0.717) is 11.2 Å². The van der Waals surface area contributed by atoms with Gasteiger partial charge in [-0.2, -0.15) is 23.4 Å². The fourth-order valence-corrected chi connectivity index (χ4v) is 3.24. The monoisotopic (exact) mass is 472 g/mol. The lowest BCUT2D eigenvalue weighted by Crippen LogP contribution is -2.12. The van der Waals surface area contributed by atoms with Gasteiger partial charge in [0, 0.05) is 30.2 Å². The van der Waals surface area contributed by atoms with Crippen molar-refractivity contribution in [2.45, 2.75) is 19.0 Å². The highest BCUT2D eigenvalue weighted by Crippen LogP contribution is 2.35. The van der Waals surface area contributed by atoms with E-state index in [1.165, 1.54) is 13.2 Å². The molecule has 0 aliphatic heterocycles. The van der Waals surface area contributed by atoms with Crippen LogP contribution in [0.3, 0.4) is 0 Å². The highest BCUT2D eigenvalue weighted by atomic mass is 19.4. The van der Waals surface area contributed by atoms with Crippen LogP contribution in [-0.2, 0) is 18.0 Å². The molecule has 4 aromatic rings. The lowest BCUT2D eigenvalue weighted by atomic mass is 10.2. The number of para-hydroxylation sites is 1. The molecule has 11 heteroatoms. The lowest BCUT2D eigenvalue weighted by molar-refractivity contribution is -0.140. The van der Waals surface area contributed by atoms with Gasteiger partial charge in [0.25, 0.3) is 0 Å². The molecular weight excluding hydrogens is 449 g/mol. The molecule has 2 aromatic carbocycles. The molecule has 0 atom stereocenters. The van der Waals surface area contributed by atoms with Gasteiger partial charge in [0.15, 0.2) is 11.5 Å². The molecule has 0 bridgehead atoms. The normalized spacial score (nSPS) is 13.2. The molecule has 1 aliphatic carbocycles. The van der Waals surface area contributed by atoms with E-state index in [0.717, 1.165) is 34.5 Å². The number of methoxy groups -OCH3 is 1. The molecule has 2 heterocycles. The molecule has 0 unspecified atom stereocenters. The van der Waals surface area contributed by atoms with E-state index in [-0.39, 0.29) is 17.5 Å². The Morgan fingerprint density at radius 1 is 1.15 bits per heavy atom. The molecule has 5 rings (SSSR count). The molecule has 1 aliphatic rings. The summed E-state index contributed by atoms with van der Waals surface area (Å²) < 4.78 is 44.7. The van der Waals surface area contributed by atoms with Crippen molar-refractivity contribution < 1.29 is 22.7 Å². The summed E-state index contributed by atoms with van der Waals surface area (Å²) in [6.45, 7) is 0. The summed E-state index contributed by atoms with van der Waals surface area (Å²) in [5.41, 5.74) is 0.486. The Labute approximate surface area is 193 Å². The minimum Gasteiger partial charge on any atom is -0.497 e. The van der Waals surface area contributed by atoms with E-state index >= 15 is 0 Å². The Balaban J connectivity index is 0.000000172. The van der Waals surface area contributed by atoms with E-state index in [9.17, 15) is 18.0 Å². The van der Waals surface area contributed by atoms with Gasteiger partial charge in [0.05, 0.1) is 18.3 Å². The summed E-state index contributed by atoms with van der Waals surface area (Å²) in [6.07, 6.45) is -1.19. The van der Waals surface area contributed by atoms with Gasteiger partial charge in [0.1, 0.15) is 5.75 Å². The molecule has 1 amide bonds. The molecular formula is C23H23F3N6O2. The number of carbonyl (C=O) groups excluding carboxylic acids is 1. The van der Waals surface area contributed by atoms with Crippen LogP contribution in [-0.4, -0.2) is 33.0 Å². The zero-order valence-electron chi connectivity index (χ0n) is 18.5. The number of nitrogens with one attached hydrogen (secondary N) is 3. The van der Waals surface area contributed by atoms with E-state index < -0.39 is 11.9 Å². The van der Waals surface area contributed by atoms with Crippen molar-refractivity contribution in [3.63, 3.8) is 0 Å². The number of fused-ring (bicyclic) bond motifs is 1. The second-order valence-corrected chi connectivity index (χ2v) is 7.80. The van der Waals surface area contributed by atoms with Gasteiger partial charge in [-0.1, -0.05) is 12.1 Å². The first-order valence-electron chi connectivity index (χ1n) is 10.5. The number of hydrogen-bond donors (Lipinski definition) is 3. The van der Waals surface area contributed by atoms with Crippen LogP contribution in [0.5, 0.6) is 5.75 Å². The van der Waals surface area contributed by atoms with Gasteiger partial charge in [-0.15, -0.1) is 0 Å². The standard InChI is InChI=1S/C12H10F3N5.C11H13NO2/c1-20-6-9(10(19-20)12(13,14)15)16-11-7-4-2-3-5-8(7)17-18-11;1-14-10-6-4-9(5-7-10)12-11(13)8-2-3-8/h2-6H,1H3,(H2,16,17,18);4-8H,2-3H2,1H3,(H,12,13). The Morgan fingerprint density at radius 3 is 2.50 bits per heavy atom. The van der Waals surface area contributed by atoms with Crippen molar-refractivity contribution in [3.8, 4) is 5.75 Å². The van der Waals surface area contributed by atoms with Crippen LogP contribution < -0.4 is 15.4 Å².